The van der Waals surface area contributed by atoms with Crippen molar-refractivity contribution in [2.75, 3.05) is 41.7 Å². The van der Waals surface area contributed by atoms with Gasteiger partial charge in [-0.1, -0.05) is 26.0 Å². The molecule has 0 radical (unpaired) electrons. The number of para-hydroxylation sites is 1. The highest BCUT2D eigenvalue weighted by Gasteiger charge is 2.34. The van der Waals surface area contributed by atoms with Crippen molar-refractivity contribution in [2.24, 2.45) is 0 Å². The van der Waals surface area contributed by atoms with Gasteiger partial charge in [0.2, 0.25) is 5.95 Å². The van der Waals surface area contributed by atoms with Gasteiger partial charge in [0.05, 0.1) is 12.2 Å². The zero-order chi connectivity index (χ0) is 32.1. The SMILES string of the molecule is CCN(CC)CCCNc1nc(-c2cc(C(=O)Nc3ccc(F)cc3)ccc2C)c2c(n1)N(c1c(F)cccc1F)C(=O)NC2. The molecule has 1 aromatic heterocycles. The van der Waals surface area contributed by atoms with E-state index in [4.69, 9.17) is 4.98 Å². The van der Waals surface area contributed by atoms with Crippen molar-refractivity contribution in [1.82, 2.24) is 20.2 Å². The number of rotatable bonds is 11. The van der Waals surface area contributed by atoms with Crippen molar-refractivity contribution in [3.8, 4) is 11.3 Å². The summed E-state index contributed by atoms with van der Waals surface area (Å²) in [5, 5.41) is 8.65. The summed E-state index contributed by atoms with van der Waals surface area (Å²) in [5.41, 5.74) is 2.31. The largest absolute Gasteiger partial charge is 0.354 e. The van der Waals surface area contributed by atoms with Gasteiger partial charge in [0, 0.05) is 28.9 Å². The van der Waals surface area contributed by atoms with Crippen LogP contribution in [0.2, 0.25) is 0 Å². The molecule has 1 aliphatic rings. The van der Waals surface area contributed by atoms with Crippen LogP contribution in [0.15, 0.2) is 60.7 Å². The predicted molar refractivity (Wildman–Crippen MR) is 168 cm³/mol. The fourth-order valence-electron chi connectivity index (χ4n) is 5.17. The molecule has 3 N–H and O–H groups in total. The van der Waals surface area contributed by atoms with Crippen LogP contribution in [0, 0.1) is 24.4 Å². The van der Waals surface area contributed by atoms with E-state index in [0.29, 0.717) is 34.6 Å². The van der Waals surface area contributed by atoms with Gasteiger partial charge < -0.3 is 20.9 Å². The van der Waals surface area contributed by atoms with E-state index in [0.717, 1.165) is 48.7 Å². The smallest absolute Gasteiger partial charge is 0.328 e. The molecular weight excluding hydrogens is 583 g/mol. The first-order chi connectivity index (χ1) is 21.7. The van der Waals surface area contributed by atoms with Crippen LogP contribution in [0.3, 0.4) is 0 Å². The number of anilines is 4. The summed E-state index contributed by atoms with van der Waals surface area (Å²) in [6, 6.07) is 13.1. The number of carbonyl (C=O) groups is 2. The topological polar surface area (TPSA) is 102 Å². The first-order valence-electron chi connectivity index (χ1n) is 14.8. The number of nitrogens with one attached hydrogen (secondary N) is 3. The Hall–Kier alpha value is -4.97. The minimum absolute atomic E-state index is 0.0102. The van der Waals surface area contributed by atoms with Crippen LogP contribution in [-0.4, -0.2) is 53.0 Å². The molecule has 0 saturated heterocycles. The number of urea groups is 1. The third kappa shape index (κ3) is 6.91. The Labute approximate surface area is 259 Å². The molecule has 45 heavy (non-hydrogen) atoms. The van der Waals surface area contributed by atoms with E-state index in [1.165, 1.54) is 30.3 Å². The van der Waals surface area contributed by atoms with Gasteiger partial charge in [-0.3, -0.25) is 4.79 Å². The number of carbonyl (C=O) groups excluding carboxylic acids is 2. The lowest BCUT2D eigenvalue weighted by Crippen LogP contribution is -2.43. The maximum atomic E-state index is 15.0. The first kappa shape index (κ1) is 31.5. The molecule has 3 aromatic carbocycles. The monoisotopic (exact) mass is 617 g/mol. The van der Waals surface area contributed by atoms with E-state index in [1.54, 1.807) is 18.2 Å². The van der Waals surface area contributed by atoms with E-state index < -0.39 is 35.1 Å². The highest BCUT2D eigenvalue weighted by Crippen LogP contribution is 2.39. The van der Waals surface area contributed by atoms with Crippen molar-refractivity contribution >= 4 is 35.1 Å². The van der Waals surface area contributed by atoms with Gasteiger partial charge in [0.15, 0.2) is 5.82 Å². The summed E-state index contributed by atoms with van der Waals surface area (Å²) in [5.74, 6) is -2.51. The highest BCUT2D eigenvalue weighted by atomic mass is 19.1. The van der Waals surface area contributed by atoms with Crippen molar-refractivity contribution in [3.63, 3.8) is 0 Å². The third-order valence-electron chi connectivity index (χ3n) is 7.66. The predicted octanol–water partition coefficient (Wildman–Crippen LogP) is 6.63. The fraction of sp³-hybridized carbons (Fsp3) is 0.273. The van der Waals surface area contributed by atoms with Gasteiger partial charge in [0.1, 0.15) is 23.1 Å². The summed E-state index contributed by atoms with van der Waals surface area (Å²) < 4.78 is 43.4. The van der Waals surface area contributed by atoms with Crippen LogP contribution in [0.4, 0.5) is 41.1 Å². The minimum Gasteiger partial charge on any atom is -0.354 e. The maximum absolute atomic E-state index is 15.0. The van der Waals surface area contributed by atoms with Crippen LogP contribution >= 0.6 is 0 Å². The third-order valence-corrected chi connectivity index (χ3v) is 7.66. The first-order valence-corrected chi connectivity index (χ1v) is 14.8. The number of hydrogen-bond acceptors (Lipinski definition) is 6. The number of benzene rings is 3. The summed E-state index contributed by atoms with van der Waals surface area (Å²) >= 11 is 0. The molecule has 1 aliphatic heterocycles. The van der Waals surface area contributed by atoms with Gasteiger partial charge in [-0.15, -0.1) is 0 Å². The van der Waals surface area contributed by atoms with Crippen LogP contribution in [0.1, 0.15) is 41.8 Å². The molecule has 0 atom stereocenters. The average Bonchev–Trinajstić information content (AvgIpc) is 3.03. The average molecular weight is 618 g/mol. The number of aromatic nitrogens is 2. The van der Waals surface area contributed by atoms with Crippen molar-refractivity contribution in [2.45, 2.75) is 33.7 Å². The Morgan fingerprint density at radius 2 is 1.71 bits per heavy atom. The molecule has 0 unspecified atom stereocenters. The summed E-state index contributed by atoms with van der Waals surface area (Å²) in [6.45, 7) is 9.20. The quantitative estimate of drug-likeness (QED) is 0.163. The van der Waals surface area contributed by atoms with Gasteiger partial charge in [0.25, 0.3) is 5.91 Å². The molecule has 0 fully saturated rings. The van der Waals surface area contributed by atoms with Gasteiger partial charge in [-0.25, -0.2) is 27.8 Å². The number of hydrogen-bond donors (Lipinski definition) is 3. The normalized spacial score (nSPS) is 12.6. The van der Waals surface area contributed by atoms with E-state index in [-0.39, 0.29) is 18.3 Å². The number of nitrogens with zero attached hydrogens (tertiary/aromatic N) is 4. The lowest BCUT2D eigenvalue weighted by molar-refractivity contribution is 0.102. The Kier molecular flexibility index (Phi) is 9.62. The Balaban J connectivity index is 1.58. The van der Waals surface area contributed by atoms with E-state index in [1.807, 2.05) is 6.92 Å². The molecule has 0 bridgehead atoms. The maximum Gasteiger partial charge on any atom is 0.328 e. The molecule has 0 spiro atoms. The molecule has 2 heterocycles. The molecular formula is C33H34F3N7O2. The summed E-state index contributed by atoms with van der Waals surface area (Å²) in [6.07, 6.45) is 0.779. The van der Waals surface area contributed by atoms with Crippen molar-refractivity contribution < 1.29 is 22.8 Å². The Morgan fingerprint density at radius 1 is 1.00 bits per heavy atom. The Morgan fingerprint density at radius 3 is 2.40 bits per heavy atom. The second-order valence-electron chi connectivity index (χ2n) is 10.6. The lowest BCUT2D eigenvalue weighted by Gasteiger charge is -2.31. The molecule has 3 amide bonds. The molecule has 9 nitrogen and oxygen atoms in total. The van der Waals surface area contributed by atoms with E-state index in [9.17, 15) is 14.0 Å². The minimum atomic E-state index is -0.928. The van der Waals surface area contributed by atoms with Crippen LogP contribution in [0.5, 0.6) is 0 Å². The van der Waals surface area contributed by atoms with Gasteiger partial charge in [-0.05, 0) is 87.1 Å². The number of aryl methyl sites for hydroxylation is 1. The second-order valence-corrected chi connectivity index (χ2v) is 10.6. The second kappa shape index (κ2) is 13.8. The zero-order valence-corrected chi connectivity index (χ0v) is 25.3. The lowest BCUT2D eigenvalue weighted by atomic mass is 9.97. The zero-order valence-electron chi connectivity index (χ0n) is 25.3. The van der Waals surface area contributed by atoms with Crippen LogP contribution < -0.4 is 20.9 Å². The standard InChI is InChI=1S/C33H34F3N7O2/c1-4-42(5-2)17-7-16-37-32-40-28(24-18-21(11-10-20(24)3)31(44)39-23-14-12-22(34)13-15-23)25-19-38-33(45)43(30(25)41-32)29-26(35)8-6-9-27(29)36/h6,8-15,18H,4-5,7,16-17,19H2,1-3H3,(H,38,45)(H,39,44)(H,37,40,41). The molecule has 234 valence electrons. The van der Waals surface area contributed by atoms with Gasteiger partial charge >= 0.3 is 6.03 Å². The van der Waals surface area contributed by atoms with Crippen molar-refractivity contribution in [1.29, 1.82) is 0 Å². The number of amides is 3. The molecule has 0 saturated carbocycles. The van der Waals surface area contributed by atoms with Crippen LogP contribution in [0.25, 0.3) is 11.3 Å². The van der Waals surface area contributed by atoms with E-state index in [2.05, 4.69) is 39.7 Å². The highest BCUT2D eigenvalue weighted by molar-refractivity contribution is 6.05. The van der Waals surface area contributed by atoms with E-state index >= 15 is 8.78 Å². The Bertz CT molecular complexity index is 1690. The molecule has 0 aliphatic carbocycles. The summed E-state index contributed by atoms with van der Waals surface area (Å²) in [4.78, 5) is 38.9. The van der Waals surface area contributed by atoms with Crippen LogP contribution in [-0.2, 0) is 6.54 Å². The molecule has 12 heteroatoms. The number of fused-ring (bicyclic) bond motifs is 1. The molecule has 4 aromatic rings. The fourth-order valence-corrected chi connectivity index (χ4v) is 5.17. The van der Waals surface area contributed by atoms with Crippen molar-refractivity contribution in [3.05, 3.63) is 94.8 Å². The molecule has 5 rings (SSSR count). The number of halogens is 3. The van der Waals surface area contributed by atoms with Gasteiger partial charge in [-0.2, -0.15) is 4.98 Å². The summed E-state index contributed by atoms with van der Waals surface area (Å²) in [7, 11) is 0.